The predicted octanol–water partition coefficient (Wildman–Crippen LogP) is 5.60. The second-order valence-corrected chi connectivity index (χ2v) is 7.50. The SMILES string of the molecule is CC.CC(C)CC1CCC(CC2CCN(C)CC2)CC1. The predicted molar refractivity (Wildman–Crippen MR) is 91.1 cm³/mol. The van der Waals surface area contributed by atoms with E-state index in [2.05, 4.69) is 25.8 Å². The summed E-state index contributed by atoms with van der Waals surface area (Å²) in [5.74, 6) is 4.08. The zero-order chi connectivity index (χ0) is 15.0. The van der Waals surface area contributed by atoms with E-state index in [9.17, 15) is 0 Å². The van der Waals surface area contributed by atoms with Gasteiger partial charge in [0.2, 0.25) is 0 Å². The van der Waals surface area contributed by atoms with Crippen LogP contribution in [0.25, 0.3) is 0 Å². The van der Waals surface area contributed by atoms with Gasteiger partial charge in [-0.2, -0.15) is 0 Å². The van der Waals surface area contributed by atoms with Crippen molar-refractivity contribution in [2.24, 2.45) is 23.7 Å². The van der Waals surface area contributed by atoms with Crippen LogP contribution < -0.4 is 0 Å². The first kappa shape index (κ1) is 18.0. The normalized spacial score (nSPS) is 29.1. The van der Waals surface area contributed by atoms with Crippen LogP contribution in [0.1, 0.15) is 79.1 Å². The molecule has 0 amide bonds. The largest absolute Gasteiger partial charge is 0.306 e. The molecular formula is C19H39N. The van der Waals surface area contributed by atoms with Gasteiger partial charge in [0, 0.05) is 0 Å². The van der Waals surface area contributed by atoms with Crippen LogP contribution in [0.5, 0.6) is 0 Å². The molecule has 0 aromatic carbocycles. The van der Waals surface area contributed by atoms with Gasteiger partial charge in [0.1, 0.15) is 0 Å². The smallest absolute Gasteiger partial charge is 0.00191 e. The molecule has 0 radical (unpaired) electrons. The van der Waals surface area contributed by atoms with Crippen LogP contribution in [0.2, 0.25) is 0 Å². The second-order valence-electron chi connectivity index (χ2n) is 7.50. The number of nitrogens with zero attached hydrogens (tertiary/aromatic N) is 1. The first-order chi connectivity index (χ1) is 9.63. The summed E-state index contributed by atoms with van der Waals surface area (Å²) in [7, 11) is 2.27. The van der Waals surface area contributed by atoms with E-state index in [-0.39, 0.29) is 0 Å². The van der Waals surface area contributed by atoms with Gasteiger partial charge in [-0.05, 0) is 69.5 Å². The lowest BCUT2D eigenvalue weighted by atomic mass is 9.74. The van der Waals surface area contributed by atoms with Crippen molar-refractivity contribution >= 4 is 0 Å². The fourth-order valence-electron chi connectivity index (χ4n) is 4.14. The standard InChI is InChI=1S/C17H33N.C2H6/c1-14(2)12-15-4-6-16(7-5-15)13-17-8-10-18(3)11-9-17;1-2/h14-17H,4-13H2,1-3H3;1-2H3. The van der Waals surface area contributed by atoms with Gasteiger partial charge >= 0.3 is 0 Å². The average molecular weight is 282 g/mol. The van der Waals surface area contributed by atoms with Crippen molar-refractivity contribution in [2.45, 2.75) is 79.1 Å². The molecular weight excluding hydrogens is 242 g/mol. The van der Waals surface area contributed by atoms with Crippen molar-refractivity contribution < 1.29 is 0 Å². The lowest BCUT2D eigenvalue weighted by Crippen LogP contribution is -2.31. The fraction of sp³-hybridized carbons (Fsp3) is 1.00. The van der Waals surface area contributed by atoms with Crippen molar-refractivity contribution in [1.29, 1.82) is 0 Å². The molecule has 0 atom stereocenters. The van der Waals surface area contributed by atoms with Crippen molar-refractivity contribution in [3.63, 3.8) is 0 Å². The molecule has 1 heteroatoms. The zero-order valence-electron chi connectivity index (χ0n) is 14.8. The van der Waals surface area contributed by atoms with E-state index >= 15 is 0 Å². The molecule has 2 rings (SSSR count). The van der Waals surface area contributed by atoms with Gasteiger partial charge in [0.15, 0.2) is 0 Å². The van der Waals surface area contributed by atoms with E-state index in [0.29, 0.717) is 0 Å². The molecule has 0 spiro atoms. The molecule has 120 valence electrons. The average Bonchev–Trinajstić information content (AvgIpc) is 2.45. The van der Waals surface area contributed by atoms with Crippen LogP contribution in [0.3, 0.4) is 0 Å². The number of rotatable bonds is 4. The Labute approximate surface area is 128 Å². The van der Waals surface area contributed by atoms with Gasteiger partial charge in [-0.15, -0.1) is 0 Å². The molecule has 1 saturated heterocycles. The lowest BCUT2D eigenvalue weighted by Gasteiger charge is -2.34. The first-order valence-corrected chi connectivity index (χ1v) is 9.32. The molecule has 0 aromatic rings. The van der Waals surface area contributed by atoms with Crippen LogP contribution >= 0.6 is 0 Å². The summed E-state index contributed by atoms with van der Waals surface area (Å²) in [6.07, 6.45) is 12.0. The Balaban J connectivity index is 0.000000956. The summed E-state index contributed by atoms with van der Waals surface area (Å²) in [4.78, 5) is 2.50. The van der Waals surface area contributed by atoms with E-state index in [4.69, 9.17) is 0 Å². The molecule has 0 N–H and O–H groups in total. The third kappa shape index (κ3) is 6.61. The molecule has 1 nitrogen and oxygen atoms in total. The number of likely N-dealkylation sites (tertiary alicyclic amines) is 1. The van der Waals surface area contributed by atoms with Crippen molar-refractivity contribution in [3.05, 3.63) is 0 Å². The highest BCUT2D eigenvalue weighted by Gasteiger charge is 2.25. The third-order valence-electron chi connectivity index (χ3n) is 5.28. The summed E-state index contributed by atoms with van der Waals surface area (Å²) in [6, 6.07) is 0. The third-order valence-corrected chi connectivity index (χ3v) is 5.28. The Morgan fingerprint density at radius 3 is 1.75 bits per heavy atom. The van der Waals surface area contributed by atoms with E-state index in [1.807, 2.05) is 13.8 Å². The highest BCUT2D eigenvalue weighted by Crippen LogP contribution is 2.37. The Kier molecular flexibility index (Phi) is 8.84. The van der Waals surface area contributed by atoms with Crippen molar-refractivity contribution in [2.75, 3.05) is 20.1 Å². The maximum atomic E-state index is 2.50. The van der Waals surface area contributed by atoms with Gasteiger partial charge in [-0.25, -0.2) is 0 Å². The van der Waals surface area contributed by atoms with Crippen LogP contribution in [0, 0.1) is 23.7 Å². The zero-order valence-corrected chi connectivity index (χ0v) is 14.8. The highest BCUT2D eigenvalue weighted by molar-refractivity contribution is 4.78. The van der Waals surface area contributed by atoms with Gasteiger partial charge in [-0.1, -0.05) is 53.4 Å². The number of piperidine rings is 1. The lowest BCUT2D eigenvalue weighted by molar-refractivity contribution is 0.165. The van der Waals surface area contributed by atoms with Crippen LogP contribution in [0.4, 0.5) is 0 Å². The Morgan fingerprint density at radius 2 is 1.25 bits per heavy atom. The molecule has 1 saturated carbocycles. The molecule has 1 aliphatic heterocycles. The molecule has 2 fully saturated rings. The van der Waals surface area contributed by atoms with Crippen LogP contribution in [-0.4, -0.2) is 25.0 Å². The van der Waals surface area contributed by atoms with Gasteiger partial charge in [0.25, 0.3) is 0 Å². The van der Waals surface area contributed by atoms with Gasteiger partial charge in [0.05, 0.1) is 0 Å². The minimum absolute atomic E-state index is 0.903. The van der Waals surface area contributed by atoms with E-state index in [1.165, 1.54) is 58.0 Å². The second kappa shape index (κ2) is 9.82. The quantitative estimate of drug-likeness (QED) is 0.648. The minimum atomic E-state index is 0.903. The Hall–Kier alpha value is -0.0400. The highest BCUT2D eigenvalue weighted by atomic mass is 15.1. The van der Waals surface area contributed by atoms with Gasteiger partial charge in [-0.3, -0.25) is 0 Å². The minimum Gasteiger partial charge on any atom is -0.306 e. The summed E-state index contributed by atoms with van der Waals surface area (Å²) >= 11 is 0. The topological polar surface area (TPSA) is 3.24 Å². The number of hydrogen-bond donors (Lipinski definition) is 0. The van der Waals surface area contributed by atoms with E-state index in [0.717, 1.165) is 23.7 Å². The maximum absolute atomic E-state index is 2.50. The van der Waals surface area contributed by atoms with Crippen molar-refractivity contribution in [3.8, 4) is 0 Å². The fourth-order valence-corrected chi connectivity index (χ4v) is 4.14. The molecule has 0 aromatic heterocycles. The summed E-state index contributed by atoms with van der Waals surface area (Å²) in [5.41, 5.74) is 0. The Morgan fingerprint density at radius 1 is 0.800 bits per heavy atom. The molecule has 0 bridgehead atoms. The first-order valence-electron chi connectivity index (χ1n) is 9.32. The molecule has 20 heavy (non-hydrogen) atoms. The van der Waals surface area contributed by atoms with Crippen molar-refractivity contribution in [1.82, 2.24) is 4.90 Å². The molecule has 1 heterocycles. The van der Waals surface area contributed by atoms with E-state index < -0.39 is 0 Å². The monoisotopic (exact) mass is 281 g/mol. The Bertz CT molecular complexity index is 220. The maximum Gasteiger partial charge on any atom is -0.00191 e. The van der Waals surface area contributed by atoms with Crippen LogP contribution in [0.15, 0.2) is 0 Å². The number of hydrogen-bond acceptors (Lipinski definition) is 1. The molecule has 1 aliphatic carbocycles. The van der Waals surface area contributed by atoms with E-state index in [1.54, 1.807) is 6.42 Å². The summed E-state index contributed by atoms with van der Waals surface area (Å²) in [6.45, 7) is 11.4. The van der Waals surface area contributed by atoms with Crippen LogP contribution in [-0.2, 0) is 0 Å². The van der Waals surface area contributed by atoms with Gasteiger partial charge < -0.3 is 4.90 Å². The summed E-state index contributed by atoms with van der Waals surface area (Å²) in [5, 5.41) is 0. The molecule has 2 aliphatic rings. The summed E-state index contributed by atoms with van der Waals surface area (Å²) < 4.78 is 0. The molecule has 0 unspecified atom stereocenters.